The molecule has 1 fully saturated rings. The van der Waals surface area contributed by atoms with Crippen LogP contribution in [-0.4, -0.2) is 16.7 Å². The van der Waals surface area contributed by atoms with E-state index in [1.54, 1.807) is 0 Å². The number of hydrogen-bond donors (Lipinski definition) is 2. The van der Waals surface area contributed by atoms with Crippen molar-refractivity contribution in [1.82, 2.24) is 15.5 Å². The topological polar surface area (TPSA) is 40.7 Å². The van der Waals surface area contributed by atoms with Crippen molar-refractivity contribution in [2.24, 2.45) is 0 Å². The van der Waals surface area contributed by atoms with E-state index in [4.69, 9.17) is 0 Å². The summed E-state index contributed by atoms with van der Waals surface area (Å²) in [5, 5.41) is 10.9. The van der Waals surface area contributed by atoms with E-state index in [-0.39, 0.29) is 0 Å². The van der Waals surface area contributed by atoms with Gasteiger partial charge in [-0.3, -0.25) is 5.10 Å². The molecule has 0 amide bonds. The van der Waals surface area contributed by atoms with Gasteiger partial charge in [-0.25, -0.2) is 0 Å². The molecular weight excluding hydrogens is 222 g/mol. The lowest BCUT2D eigenvalue weighted by Crippen LogP contribution is -2.14. The number of H-pyrrole nitrogens is 1. The molecule has 0 radical (unpaired) electrons. The molecule has 1 unspecified atom stereocenters. The van der Waals surface area contributed by atoms with Crippen LogP contribution in [-0.2, 0) is 0 Å². The number of aromatic amines is 1. The molecule has 0 saturated carbocycles. The van der Waals surface area contributed by atoms with Crippen LogP contribution in [0.25, 0.3) is 11.1 Å². The molecule has 1 atom stereocenters. The minimum atomic E-state index is 0.434. The number of rotatable bonds is 2. The Kier molecular flexibility index (Phi) is 2.92. The van der Waals surface area contributed by atoms with Gasteiger partial charge in [-0.15, -0.1) is 0 Å². The molecule has 0 aliphatic carbocycles. The number of aromatic nitrogens is 2. The Morgan fingerprint density at radius 1 is 1.22 bits per heavy atom. The minimum absolute atomic E-state index is 0.434. The fourth-order valence-electron chi connectivity index (χ4n) is 2.63. The molecule has 1 aromatic carbocycles. The van der Waals surface area contributed by atoms with Crippen molar-refractivity contribution >= 4 is 0 Å². The van der Waals surface area contributed by atoms with Crippen molar-refractivity contribution in [2.45, 2.75) is 32.7 Å². The molecule has 3 nitrogen and oxygen atoms in total. The third kappa shape index (κ3) is 1.95. The van der Waals surface area contributed by atoms with Gasteiger partial charge in [-0.2, -0.15) is 5.10 Å². The maximum Gasteiger partial charge on any atom is 0.0599 e. The van der Waals surface area contributed by atoms with Crippen LogP contribution in [0.2, 0.25) is 0 Å². The molecule has 2 aromatic rings. The average Bonchev–Trinajstić information content (AvgIpc) is 3.00. The molecule has 1 aliphatic heterocycles. The summed E-state index contributed by atoms with van der Waals surface area (Å²) in [4.78, 5) is 0. The lowest BCUT2D eigenvalue weighted by molar-refractivity contribution is 0.626. The Morgan fingerprint density at radius 3 is 2.83 bits per heavy atom. The highest BCUT2D eigenvalue weighted by Crippen LogP contribution is 2.31. The number of nitrogens with one attached hydrogen (secondary N) is 2. The number of aryl methyl sites for hydroxylation is 2. The van der Waals surface area contributed by atoms with Crippen LogP contribution < -0.4 is 5.32 Å². The second-order valence-electron chi connectivity index (χ2n) is 5.15. The van der Waals surface area contributed by atoms with E-state index in [9.17, 15) is 0 Å². The minimum Gasteiger partial charge on any atom is -0.309 e. The van der Waals surface area contributed by atoms with Crippen LogP contribution in [0.5, 0.6) is 0 Å². The zero-order chi connectivity index (χ0) is 12.5. The quantitative estimate of drug-likeness (QED) is 0.848. The predicted molar refractivity (Wildman–Crippen MR) is 73.5 cm³/mol. The van der Waals surface area contributed by atoms with Crippen molar-refractivity contribution < 1.29 is 0 Å². The van der Waals surface area contributed by atoms with Crippen LogP contribution in [0.15, 0.2) is 24.4 Å². The monoisotopic (exact) mass is 241 g/mol. The van der Waals surface area contributed by atoms with E-state index in [2.05, 4.69) is 47.6 Å². The van der Waals surface area contributed by atoms with Gasteiger partial charge in [0, 0.05) is 11.6 Å². The molecule has 2 heterocycles. The van der Waals surface area contributed by atoms with Gasteiger partial charge in [-0.05, 0) is 49.9 Å². The third-order valence-electron chi connectivity index (χ3n) is 3.90. The standard InChI is InChI=1S/C15H19N3/c1-10-5-6-12(8-11(10)2)13-9-17-18-15(13)14-4-3-7-16-14/h5-6,8-9,14,16H,3-4,7H2,1-2H3,(H,17,18). The molecule has 0 spiro atoms. The van der Waals surface area contributed by atoms with Gasteiger partial charge in [0.15, 0.2) is 0 Å². The van der Waals surface area contributed by atoms with Crippen molar-refractivity contribution in [1.29, 1.82) is 0 Å². The summed E-state index contributed by atoms with van der Waals surface area (Å²) in [6.07, 6.45) is 4.38. The van der Waals surface area contributed by atoms with E-state index in [1.807, 2.05) is 6.20 Å². The van der Waals surface area contributed by atoms with E-state index in [0.717, 1.165) is 6.54 Å². The average molecular weight is 241 g/mol. The maximum absolute atomic E-state index is 4.23. The van der Waals surface area contributed by atoms with Gasteiger partial charge >= 0.3 is 0 Å². The molecule has 1 saturated heterocycles. The smallest absolute Gasteiger partial charge is 0.0599 e. The van der Waals surface area contributed by atoms with Gasteiger partial charge in [0.1, 0.15) is 0 Å². The predicted octanol–water partition coefficient (Wildman–Crippen LogP) is 3.12. The first-order chi connectivity index (χ1) is 8.75. The van der Waals surface area contributed by atoms with Crippen LogP contribution in [0, 0.1) is 13.8 Å². The fourth-order valence-corrected chi connectivity index (χ4v) is 2.63. The van der Waals surface area contributed by atoms with Crippen molar-refractivity contribution in [3.8, 4) is 11.1 Å². The first kappa shape index (κ1) is 11.5. The van der Waals surface area contributed by atoms with E-state index in [1.165, 1.54) is 40.8 Å². The number of hydrogen-bond acceptors (Lipinski definition) is 2. The van der Waals surface area contributed by atoms with Crippen LogP contribution in [0.3, 0.4) is 0 Å². The zero-order valence-electron chi connectivity index (χ0n) is 11.0. The Morgan fingerprint density at radius 2 is 2.11 bits per heavy atom. The summed E-state index contributed by atoms with van der Waals surface area (Å²) in [5.41, 5.74) is 6.39. The van der Waals surface area contributed by atoms with Gasteiger partial charge in [0.05, 0.1) is 11.9 Å². The maximum atomic E-state index is 4.23. The summed E-state index contributed by atoms with van der Waals surface area (Å²) in [5.74, 6) is 0. The highest BCUT2D eigenvalue weighted by Gasteiger charge is 2.21. The summed E-state index contributed by atoms with van der Waals surface area (Å²) in [6.45, 7) is 5.41. The fraction of sp³-hybridized carbons (Fsp3) is 0.400. The summed E-state index contributed by atoms with van der Waals surface area (Å²) < 4.78 is 0. The number of benzene rings is 1. The van der Waals surface area contributed by atoms with Crippen LogP contribution in [0.1, 0.15) is 35.7 Å². The summed E-state index contributed by atoms with van der Waals surface area (Å²) >= 11 is 0. The van der Waals surface area contributed by atoms with Gasteiger partial charge in [0.2, 0.25) is 0 Å². The first-order valence-electron chi connectivity index (χ1n) is 6.60. The van der Waals surface area contributed by atoms with Crippen LogP contribution >= 0.6 is 0 Å². The largest absolute Gasteiger partial charge is 0.309 e. The highest BCUT2D eigenvalue weighted by molar-refractivity contribution is 5.67. The summed E-state index contributed by atoms with van der Waals surface area (Å²) in [7, 11) is 0. The van der Waals surface area contributed by atoms with Gasteiger partial charge in [0.25, 0.3) is 0 Å². The molecule has 0 bridgehead atoms. The van der Waals surface area contributed by atoms with Gasteiger partial charge in [-0.1, -0.05) is 18.2 Å². The molecule has 18 heavy (non-hydrogen) atoms. The molecule has 1 aliphatic rings. The van der Waals surface area contributed by atoms with Gasteiger partial charge < -0.3 is 5.32 Å². The molecular formula is C15H19N3. The normalized spacial score (nSPS) is 19.3. The molecule has 2 N–H and O–H groups in total. The molecule has 1 aromatic heterocycles. The van der Waals surface area contributed by atoms with Crippen molar-refractivity contribution in [3.63, 3.8) is 0 Å². The van der Waals surface area contributed by atoms with E-state index >= 15 is 0 Å². The van der Waals surface area contributed by atoms with Crippen molar-refractivity contribution in [2.75, 3.05) is 6.54 Å². The van der Waals surface area contributed by atoms with Crippen molar-refractivity contribution in [3.05, 3.63) is 41.2 Å². The Hall–Kier alpha value is -1.61. The summed E-state index contributed by atoms with van der Waals surface area (Å²) in [6, 6.07) is 7.05. The second-order valence-corrected chi connectivity index (χ2v) is 5.15. The molecule has 3 rings (SSSR count). The lowest BCUT2D eigenvalue weighted by Gasteiger charge is -2.11. The van der Waals surface area contributed by atoms with E-state index < -0.39 is 0 Å². The zero-order valence-corrected chi connectivity index (χ0v) is 11.0. The highest BCUT2D eigenvalue weighted by atomic mass is 15.1. The van der Waals surface area contributed by atoms with Crippen LogP contribution in [0.4, 0.5) is 0 Å². The second kappa shape index (κ2) is 4.58. The Labute approximate surface area is 108 Å². The Bertz CT molecular complexity index is 551. The van der Waals surface area contributed by atoms with E-state index in [0.29, 0.717) is 6.04 Å². The third-order valence-corrected chi connectivity index (χ3v) is 3.90. The number of nitrogens with zero attached hydrogens (tertiary/aromatic N) is 1. The first-order valence-corrected chi connectivity index (χ1v) is 6.60. The lowest BCUT2D eigenvalue weighted by atomic mass is 9.98. The molecule has 3 heteroatoms. The molecule has 94 valence electrons. The SMILES string of the molecule is Cc1ccc(-c2cn[nH]c2C2CCCN2)cc1C. The Balaban J connectivity index is 2.00.